The summed E-state index contributed by atoms with van der Waals surface area (Å²) in [5.74, 6) is -1.42. The second-order valence-corrected chi connectivity index (χ2v) is 12.5. The van der Waals surface area contributed by atoms with E-state index in [0.717, 1.165) is 14.6 Å². The van der Waals surface area contributed by atoms with Crippen molar-refractivity contribution in [1.29, 1.82) is 0 Å². The zero-order chi connectivity index (χ0) is 30.3. The third-order valence-electron chi connectivity index (χ3n) is 6.08. The smallest absolute Gasteiger partial charge is 0.363 e. The van der Waals surface area contributed by atoms with Crippen LogP contribution in [0.2, 0.25) is 0 Å². The van der Waals surface area contributed by atoms with Crippen LogP contribution >= 0.6 is 32.9 Å². The van der Waals surface area contributed by atoms with E-state index in [1.54, 1.807) is 24.3 Å². The first-order chi connectivity index (χ1) is 20.8. The van der Waals surface area contributed by atoms with Crippen LogP contribution in [-0.2, 0) is 25.7 Å². The molecule has 3 aromatic carbocycles. The van der Waals surface area contributed by atoms with Gasteiger partial charge in [-0.1, -0.05) is 53.4 Å². The number of nitrogens with zero attached hydrogens (tertiary/aromatic N) is 3. The number of ether oxygens (including phenoxy) is 2. The number of rotatable bonds is 12. The molecule has 1 saturated heterocycles. The number of carbonyl (C=O) groups is 3. The number of carbonyl (C=O) groups excluding carboxylic acids is 3. The lowest BCUT2D eigenvalue weighted by Gasteiger charge is -2.45. The highest BCUT2D eigenvalue weighted by Crippen LogP contribution is 2.45. The second-order valence-electron chi connectivity index (χ2n) is 8.90. The lowest BCUT2D eigenvalue weighted by atomic mass is 10.1. The minimum atomic E-state index is -0.968. The van der Waals surface area contributed by atoms with Crippen molar-refractivity contribution in [1.82, 2.24) is 15.2 Å². The van der Waals surface area contributed by atoms with Crippen LogP contribution in [0.4, 0.5) is 5.69 Å². The number of fused-ring (bicyclic) bond motifs is 1. The number of likely N-dealkylation sites (tertiary alicyclic amines) is 1. The molecule has 1 aromatic heterocycles. The maximum atomic E-state index is 13.3. The topological polar surface area (TPSA) is 141 Å². The van der Waals surface area contributed by atoms with E-state index < -0.39 is 34.1 Å². The Labute approximate surface area is 257 Å². The minimum absolute atomic E-state index is 0.0966. The van der Waals surface area contributed by atoms with Crippen molar-refractivity contribution in [2.45, 2.75) is 22.4 Å². The van der Waals surface area contributed by atoms with E-state index in [0.29, 0.717) is 11.3 Å². The van der Waals surface area contributed by atoms with Gasteiger partial charge in [-0.15, -0.1) is 11.3 Å². The van der Waals surface area contributed by atoms with Gasteiger partial charge >= 0.3 is 5.97 Å². The first-order valence-electron chi connectivity index (χ1n) is 12.6. The van der Waals surface area contributed by atoms with E-state index in [1.807, 2.05) is 30.3 Å². The Hall–Kier alpha value is -4.62. The van der Waals surface area contributed by atoms with Gasteiger partial charge in [0.25, 0.3) is 17.5 Å². The molecule has 14 heteroatoms. The summed E-state index contributed by atoms with van der Waals surface area (Å²) in [4.78, 5) is 55.2. The zero-order valence-corrected chi connectivity index (χ0v) is 24.7. The van der Waals surface area contributed by atoms with E-state index in [2.05, 4.69) is 22.6 Å². The SMILES string of the molecule is C=C=C(C(=O)OCc1ccc([N+](=O)[O-])cc1)N1C(=O)[C@@H](NC(=O)COc2ccccc2)[C@H]1SSc1nc2ccccc2s1. The summed E-state index contributed by atoms with van der Waals surface area (Å²) in [7, 11) is 2.55. The number of para-hydroxylation sites is 2. The average Bonchev–Trinajstić information content (AvgIpc) is 3.45. The highest BCUT2D eigenvalue weighted by Gasteiger charge is 2.52. The molecule has 2 amide bonds. The van der Waals surface area contributed by atoms with Crippen LogP contribution in [0.15, 0.2) is 101 Å². The maximum Gasteiger partial charge on any atom is 0.363 e. The van der Waals surface area contributed by atoms with Crippen molar-refractivity contribution in [3.8, 4) is 5.75 Å². The number of nitrogens with one attached hydrogen (secondary N) is 1. The first kappa shape index (κ1) is 29.9. The molecule has 0 spiro atoms. The highest BCUT2D eigenvalue weighted by atomic mass is 33.1. The Kier molecular flexibility index (Phi) is 9.42. The number of β-lactam (4-membered cyclic amide) rings is 1. The van der Waals surface area contributed by atoms with E-state index in [1.165, 1.54) is 62.1 Å². The molecule has 43 heavy (non-hydrogen) atoms. The normalized spacial score (nSPS) is 15.7. The van der Waals surface area contributed by atoms with Gasteiger partial charge < -0.3 is 14.8 Å². The molecular formula is C29H22N4O7S3. The van der Waals surface area contributed by atoms with Crippen LogP contribution in [0, 0.1) is 10.1 Å². The molecule has 2 atom stereocenters. The number of benzene rings is 3. The number of nitro benzene ring substituents is 1. The molecular weight excluding hydrogens is 613 g/mol. The molecule has 0 saturated carbocycles. The summed E-state index contributed by atoms with van der Waals surface area (Å²) in [5.41, 5.74) is 3.53. The van der Waals surface area contributed by atoms with Crippen LogP contribution in [0.25, 0.3) is 10.2 Å². The van der Waals surface area contributed by atoms with Crippen LogP contribution in [0.5, 0.6) is 5.75 Å². The van der Waals surface area contributed by atoms with Crippen LogP contribution in [0.1, 0.15) is 5.56 Å². The van der Waals surface area contributed by atoms with Crippen LogP contribution < -0.4 is 10.1 Å². The molecule has 4 aromatic rings. The fourth-order valence-electron chi connectivity index (χ4n) is 3.98. The van der Waals surface area contributed by atoms with Crippen molar-refractivity contribution in [2.75, 3.05) is 6.61 Å². The predicted octanol–water partition coefficient (Wildman–Crippen LogP) is 5.09. The number of nitro groups is 1. The third kappa shape index (κ3) is 7.07. The minimum Gasteiger partial charge on any atom is -0.484 e. The van der Waals surface area contributed by atoms with E-state index in [4.69, 9.17) is 9.47 Å². The Balaban J connectivity index is 1.28. The fraction of sp³-hybridized carbons (Fsp3) is 0.138. The monoisotopic (exact) mass is 634 g/mol. The molecule has 0 radical (unpaired) electrons. The molecule has 5 rings (SSSR count). The Morgan fingerprint density at radius 1 is 1.09 bits per heavy atom. The van der Waals surface area contributed by atoms with Crippen molar-refractivity contribution >= 4 is 66.6 Å². The number of thiazole rings is 1. The van der Waals surface area contributed by atoms with Crippen molar-refractivity contribution in [3.05, 3.63) is 113 Å². The van der Waals surface area contributed by atoms with Gasteiger partial charge in [0.05, 0.1) is 15.1 Å². The number of hydrogen-bond donors (Lipinski definition) is 1. The molecule has 1 fully saturated rings. The summed E-state index contributed by atoms with van der Waals surface area (Å²) in [6.07, 6.45) is 0. The number of non-ortho nitro benzene ring substituents is 1. The quantitative estimate of drug-likeness (QED) is 0.0426. The molecule has 0 bridgehead atoms. The molecule has 218 valence electrons. The summed E-state index contributed by atoms with van der Waals surface area (Å²) >= 11 is 1.48. The molecule has 1 N–H and O–H groups in total. The number of amides is 2. The van der Waals surface area contributed by atoms with Crippen LogP contribution in [0.3, 0.4) is 0 Å². The Morgan fingerprint density at radius 2 is 1.81 bits per heavy atom. The standard InChI is InChI=1S/C29H22N4O7S3/c1-2-22(28(36)40-16-18-12-14-19(15-13-18)33(37)38)32-26(35)25(31-24(34)17-39-20-8-4-3-5-9-20)27(32)42-43-29-30-21-10-6-7-11-23(21)41-29/h3-15,25,27H,1,16-17H2,(H,31,34)/t25-,27-/m1/s1. The molecule has 1 aliphatic rings. The summed E-state index contributed by atoms with van der Waals surface area (Å²) < 4.78 is 12.6. The number of hydrogen-bond acceptors (Lipinski definition) is 11. The lowest BCUT2D eigenvalue weighted by molar-refractivity contribution is -0.384. The van der Waals surface area contributed by atoms with Crippen LogP contribution in [-0.4, -0.2) is 50.6 Å². The second kappa shape index (κ2) is 13.6. The number of esters is 1. The van der Waals surface area contributed by atoms with E-state index >= 15 is 0 Å². The van der Waals surface area contributed by atoms with Gasteiger partial charge in [0, 0.05) is 12.1 Å². The maximum absolute atomic E-state index is 13.3. The molecule has 11 nitrogen and oxygen atoms in total. The average molecular weight is 635 g/mol. The van der Waals surface area contributed by atoms with E-state index in [-0.39, 0.29) is 24.6 Å². The number of aromatic nitrogens is 1. The van der Waals surface area contributed by atoms with Gasteiger partial charge in [0.2, 0.25) is 0 Å². The van der Waals surface area contributed by atoms with Gasteiger partial charge in [-0.05, 0) is 52.8 Å². The van der Waals surface area contributed by atoms with Crippen molar-refractivity contribution in [3.63, 3.8) is 0 Å². The Bertz CT molecular complexity index is 1690. The van der Waals surface area contributed by atoms with Gasteiger partial charge in [0.1, 0.15) is 23.8 Å². The summed E-state index contributed by atoms with van der Waals surface area (Å²) in [6.45, 7) is 3.07. The fourth-order valence-corrected chi connectivity index (χ4v) is 7.89. The van der Waals surface area contributed by atoms with Gasteiger partial charge in [-0.3, -0.25) is 24.6 Å². The first-order valence-corrected chi connectivity index (χ1v) is 15.7. The molecule has 0 unspecified atom stereocenters. The van der Waals surface area contributed by atoms with Gasteiger partial charge in [-0.2, -0.15) is 0 Å². The molecule has 1 aliphatic heterocycles. The summed E-state index contributed by atoms with van der Waals surface area (Å²) in [5, 5.41) is 12.9. The largest absolute Gasteiger partial charge is 0.484 e. The molecule has 0 aliphatic carbocycles. The highest BCUT2D eigenvalue weighted by molar-refractivity contribution is 8.77. The van der Waals surface area contributed by atoms with Crippen molar-refractivity contribution < 1.29 is 28.8 Å². The van der Waals surface area contributed by atoms with Gasteiger partial charge in [-0.25, -0.2) is 9.78 Å². The Morgan fingerprint density at radius 3 is 2.51 bits per heavy atom. The lowest BCUT2D eigenvalue weighted by Crippen LogP contribution is -2.69. The zero-order valence-electron chi connectivity index (χ0n) is 22.2. The predicted molar refractivity (Wildman–Crippen MR) is 163 cm³/mol. The third-order valence-corrected chi connectivity index (χ3v) is 10.1. The van der Waals surface area contributed by atoms with Gasteiger partial charge in [0.15, 0.2) is 16.6 Å². The van der Waals surface area contributed by atoms with E-state index in [9.17, 15) is 24.5 Å². The molecule has 2 heterocycles. The van der Waals surface area contributed by atoms with Crippen molar-refractivity contribution in [2.24, 2.45) is 0 Å². The summed E-state index contributed by atoms with van der Waals surface area (Å²) in [6, 6.07) is 21.0.